The first-order valence-corrected chi connectivity index (χ1v) is 7.39. The molecule has 106 valence electrons. The molecule has 2 rings (SSSR count). The molecule has 0 amide bonds. The Bertz CT molecular complexity index is 681. The standard InChI is InChI=1S/C14H15NO4S/c1-15-20(16,17)14-6-4-3-5-13(14)19-12-9-7-11(18-2)8-10-12/h3-10,15H,1-2H3. The summed E-state index contributed by atoms with van der Waals surface area (Å²) in [5, 5.41) is 0. The van der Waals surface area contributed by atoms with Crippen LogP contribution in [0.5, 0.6) is 17.2 Å². The van der Waals surface area contributed by atoms with E-state index in [2.05, 4.69) is 4.72 Å². The van der Waals surface area contributed by atoms with Crippen LogP contribution < -0.4 is 14.2 Å². The number of para-hydroxylation sites is 1. The Hall–Kier alpha value is -2.05. The summed E-state index contributed by atoms with van der Waals surface area (Å²) in [6, 6.07) is 13.4. The summed E-state index contributed by atoms with van der Waals surface area (Å²) >= 11 is 0. The zero-order chi connectivity index (χ0) is 14.6. The first kappa shape index (κ1) is 14.4. The topological polar surface area (TPSA) is 64.6 Å². The third-order valence-electron chi connectivity index (χ3n) is 2.69. The summed E-state index contributed by atoms with van der Waals surface area (Å²) in [7, 11) is -0.627. The number of sulfonamides is 1. The number of methoxy groups -OCH3 is 1. The molecule has 0 aliphatic rings. The van der Waals surface area contributed by atoms with E-state index in [0.29, 0.717) is 11.5 Å². The lowest BCUT2D eigenvalue weighted by Gasteiger charge is -2.11. The maximum Gasteiger partial charge on any atom is 0.244 e. The van der Waals surface area contributed by atoms with E-state index in [-0.39, 0.29) is 10.6 Å². The molecule has 2 aromatic rings. The van der Waals surface area contributed by atoms with Gasteiger partial charge in [-0.25, -0.2) is 13.1 Å². The first-order chi connectivity index (χ1) is 9.56. The molecule has 1 N–H and O–H groups in total. The molecule has 0 aliphatic heterocycles. The van der Waals surface area contributed by atoms with Crippen LogP contribution in [0.3, 0.4) is 0 Å². The predicted octanol–water partition coefficient (Wildman–Crippen LogP) is 2.40. The largest absolute Gasteiger partial charge is 0.497 e. The van der Waals surface area contributed by atoms with E-state index in [1.807, 2.05) is 0 Å². The molecule has 0 atom stereocenters. The van der Waals surface area contributed by atoms with Crippen LogP contribution in [0, 0.1) is 0 Å². The van der Waals surface area contributed by atoms with Crippen LogP contribution in [0.15, 0.2) is 53.4 Å². The molecule has 0 heterocycles. The fourth-order valence-electron chi connectivity index (χ4n) is 1.64. The lowest BCUT2D eigenvalue weighted by atomic mass is 10.3. The van der Waals surface area contributed by atoms with Crippen LogP contribution in [0.4, 0.5) is 0 Å². The van der Waals surface area contributed by atoms with E-state index in [1.165, 1.54) is 13.1 Å². The zero-order valence-electron chi connectivity index (χ0n) is 11.2. The summed E-state index contributed by atoms with van der Waals surface area (Å²) in [5.74, 6) is 1.50. The van der Waals surface area contributed by atoms with Crippen molar-refractivity contribution in [2.75, 3.05) is 14.2 Å². The molecule has 0 saturated carbocycles. The van der Waals surface area contributed by atoms with Gasteiger partial charge in [-0.05, 0) is 43.4 Å². The van der Waals surface area contributed by atoms with Crippen molar-refractivity contribution >= 4 is 10.0 Å². The van der Waals surface area contributed by atoms with Gasteiger partial charge in [0.25, 0.3) is 0 Å². The highest BCUT2D eigenvalue weighted by atomic mass is 32.2. The molecule has 0 aromatic heterocycles. The molecule has 0 fully saturated rings. The van der Waals surface area contributed by atoms with Gasteiger partial charge in [0.1, 0.15) is 22.1 Å². The highest BCUT2D eigenvalue weighted by molar-refractivity contribution is 7.89. The Balaban J connectivity index is 2.34. The van der Waals surface area contributed by atoms with Crippen molar-refractivity contribution in [1.29, 1.82) is 0 Å². The lowest BCUT2D eigenvalue weighted by molar-refractivity contribution is 0.412. The normalized spacial score (nSPS) is 11.1. The zero-order valence-corrected chi connectivity index (χ0v) is 12.0. The minimum atomic E-state index is -3.56. The molecular formula is C14H15NO4S. The van der Waals surface area contributed by atoms with Gasteiger partial charge in [0.05, 0.1) is 7.11 Å². The minimum Gasteiger partial charge on any atom is -0.497 e. The van der Waals surface area contributed by atoms with Crippen molar-refractivity contribution < 1.29 is 17.9 Å². The summed E-state index contributed by atoms with van der Waals surface area (Å²) in [5.41, 5.74) is 0. The molecule has 2 aromatic carbocycles. The third kappa shape index (κ3) is 3.09. The van der Waals surface area contributed by atoms with Crippen molar-refractivity contribution in [3.8, 4) is 17.2 Å². The summed E-state index contributed by atoms with van der Waals surface area (Å²) < 4.78 is 36.8. The van der Waals surface area contributed by atoms with Gasteiger partial charge in [0.2, 0.25) is 10.0 Å². The molecule has 0 spiro atoms. The van der Waals surface area contributed by atoms with E-state index in [1.54, 1.807) is 49.6 Å². The van der Waals surface area contributed by atoms with Crippen LogP contribution in [-0.4, -0.2) is 22.6 Å². The van der Waals surface area contributed by atoms with Gasteiger partial charge in [0, 0.05) is 0 Å². The molecular weight excluding hydrogens is 278 g/mol. The van der Waals surface area contributed by atoms with E-state index in [9.17, 15) is 8.42 Å². The van der Waals surface area contributed by atoms with Crippen molar-refractivity contribution in [3.63, 3.8) is 0 Å². The van der Waals surface area contributed by atoms with Gasteiger partial charge in [-0.1, -0.05) is 12.1 Å². The predicted molar refractivity (Wildman–Crippen MR) is 75.8 cm³/mol. The molecule has 0 bridgehead atoms. The first-order valence-electron chi connectivity index (χ1n) is 5.91. The summed E-state index contributed by atoms with van der Waals surface area (Å²) in [4.78, 5) is 0.0957. The number of ether oxygens (including phenoxy) is 2. The maximum atomic E-state index is 11.9. The SMILES string of the molecule is CNS(=O)(=O)c1ccccc1Oc1ccc(OC)cc1. The highest BCUT2D eigenvalue weighted by Crippen LogP contribution is 2.29. The van der Waals surface area contributed by atoms with Crippen molar-refractivity contribution in [1.82, 2.24) is 4.72 Å². The van der Waals surface area contributed by atoms with E-state index >= 15 is 0 Å². The fraction of sp³-hybridized carbons (Fsp3) is 0.143. The second kappa shape index (κ2) is 5.94. The van der Waals surface area contributed by atoms with E-state index in [4.69, 9.17) is 9.47 Å². The highest BCUT2D eigenvalue weighted by Gasteiger charge is 2.17. The number of nitrogens with one attached hydrogen (secondary N) is 1. The van der Waals surface area contributed by atoms with Crippen molar-refractivity contribution in [2.45, 2.75) is 4.90 Å². The molecule has 5 nitrogen and oxygen atoms in total. The molecule has 0 aliphatic carbocycles. The Morgan fingerprint density at radius 3 is 2.15 bits per heavy atom. The number of hydrogen-bond acceptors (Lipinski definition) is 4. The monoisotopic (exact) mass is 293 g/mol. The maximum absolute atomic E-state index is 11.9. The van der Waals surface area contributed by atoms with Gasteiger partial charge in [-0.15, -0.1) is 0 Å². The van der Waals surface area contributed by atoms with Crippen LogP contribution in [0.25, 0.3) is 0 Å². The van der Waals surface area contributed by atoms with Gasteiger partial charge < -0.3 is 9.47 Å². The molecule has 0 unspecified atom stereocenters. The number of hydrogen-bond donors (Lipinski definition) is 1. The number of benzene rings is 2. The average Bonchev–Trinajstić information content (AvgIpc) is 2.48. The van der Waals surface area contributed by atoms with Gasteiger partial charge in [-0.3, -0.25) is 0 Å². The quantitative estimate of drug-likeness (QED) is 0.919. The van der Waals surface area contributed by atoms with Gasteiger partial charge in [-0.2, -0.15) is 0 Å². The van der Waals surface area contributed by atoms with Crippen LogP contribution in [-0.2, 0) is 10.0 Å². The van der Waals surface area contributed by atoms with Gasteiger partial charge >= 0.3 is 0 Å². The molecule has 20 heavy (non-hydrogen) atoms. The Morgan fingerprint density at radius 1 is 0.950 bits per heavy atom. The van der Waals surface area contributed by atoms with E-state index < -0.39 is 10.0 Å². The summed E-state index contributed by atoms with van der Waals surface area (Å²) in [6.45, 7) is 0. The van der Waals surface area contributed by atoms with Crippen LogP contribution in [0.1, 0.15) is 0 Å². The second-order valence-electron chi connectivity index (χ2n) is 3.93. The average molecular weight is 293 g/mol. The van der Waals surface area contributed by atoms with Crippen molar-refractivity contribution in [3.05, 3.63) is 48.5 Å². The summed E-state index contributed by atoms with van der Waals surface area (Å²) in [6.07, 6.45) is 0. The molecule has 6 heteroatoms. The second-order valence-corrected chi connectivity index (χ2v) is 5.79. The number of rotatable bonds is 5. The van der Waals surface area contributed by atoms with Crippen LogP contribution in [0.2, 0.25) is 0 Å². The lowest BCUT2D eigenvalue weighted by Crippen LogP contribution is -2.19. The smallest absolute Gasteiger partial charge is 0.244 e. The minimum absolute atomic E-state index is 0.0957. The Kier molecular flexibility index (Phi) is 4.26. The Labute approximate surface area is 118 Å². The fourth-order valence-corrected chi connectivity index (χ4v) is 2.49. The van der Waals surface area contributed by atoms with E-state index in [0.717, 1.165) is 0 Å². The molecule has 0 saturated heterocycles. The third-order valence-corrected chi connectivity index (χ3v) is 4.15. The van der Waals surface area contributed by atoms with Crippen LogP contribution >= 0.6 is 0 Å². The van der Waals surface area contributed by atoms with Crippen molar-refractivity contribution in [2.24, 2.45) is 0 Å². The van der Waals surface area contributed by atoms with Gasteiger partial charge in [0.15, 0.2) is 0 Å². The molecule has 0 radical (unpaired) electrons. The Morgan fingerprint density at radius 2 is 1.55 bits per heavy atom.